The van der Waals surface area contributed by atoms with Gasteiger partial charge in [-0.15, -0.1) is 12.4 Å². The van der Waals surface area contributed by atoms with Crippen LogP contribution in [0.5, 0.6) is 5.75 Å². The van der Waals surface area contributed by atoms with E-state index in [0.29, 0.717) is 22.9 Å². The fourth-order valence-electron chi connectivity index (χ4n) is 3.48. The maximum absolute atomic E-state index is 14.2. The second-order valence-electron chi connectivity index (χ2n) is 7.54. The third-order valence-electron chi connectivity index (χ3n) is 5.23. The molecule has 4 rings (SSSR count). The number of carbonyl (C=O) groups is 1. The van der Waals surface area contributed by atoms with E-state index < -0.39 is 0 Å². The second-order valence-corrected chi connectivity index (χ2v) is 8.55. The normalized spacial score (nSPS) is 14.2. The molecule has 0 saturated carbocycles. The highest BCUT2D eigenvalue weighted by molar-refractivity contribution is 7.22. The van der Waals surface area contributed by atoms with Crippen molar-refractivity contribution in [2.75, 3.05) is 50.9 Å². The van der Waals surface area contributed by atoms with Crippen molar-refractivity contribution in [2.24, 2.45) is 0 Å². The van der Waals surface area contributed by atoms with E-state index in [1.54, 1.807) is 11.0 Å². The maximum atomic E-state index is 14.2. The first-order valence-corrected chi connectivity index (χ1v) is 11.3. The molecule has 9 heteroatoms. The topological polar surface area (TPSA) is 54.9 Å². The smallest absolute Gasteiger partial charge is 0.266 e. The Morgan fingerprint density at radius 3 is 2.69 bits per heavy atom. The van der Waals surface area contributed by atoms with Crippen LogP contribution in [0.3, 0.4) is 0 Å². The molecule has 172 valence electrons. The first-order chi connectivity index (χ1) is 15.1. The van der Waals surface area contributed by atoms with E-state index in [4.69, 9.17) is 9.47 Å². The Bertz CT molecular complexity index is 1030. The summed E-state index contributed by atoms with van der Waals surface area (Å²) < 4.78 is 26.0. The average Bonchev–Trinajstić information content (AvgIpc) is 3.22. The highest BCUT2D eigenvalue weighted by Crippen LogP contribution is 2.30. The van der Waals surface area contributed by atoms with Gasteiger partial charge in [0.15, 0.2) is 11.7 Å². The van der Waals surface area contributed by atoms with Crippen molar-refractivity contribution in [2.45, 2.75) is 13.3 Å². The van der Waals surface area contributed by atoms with Gasteiger partial charge in [0, 0.05) is 26.2 Å². The molecule has 0 unspecified atom stereocenters. The van der Waals surface area contributed by atoms with E-state index in [0.717, 1.165) is 49.5 Å². The van der Waals surface area contributed by atoms with Crippen molar-refractivity contribution >= 4 is 45.0 Å². The van der Waals surface area contributed by atoms with Crippen LogP contribution in [0.25, 0.3) is 10.2 Å². The van der Waals surface area contributed by atoms with Gasteiger partial charge in [0.1, 0.15) is 17.1 Å². The van der Waals surface area contributed by atoms with Crippen molar-refractivity contribution in [3.8, 4) is 5.75 Å². The Labute approximate surface area is 197 Å². The van der Waals surface area contributed by atoms with Crippen LogP contribution in [-0.2, 0) is 9.53 Å². The fourth-order valence-corrected chi connectivity index (χ4v) is 4.50. The van der Waals surface area contributed by atoms with Gasteiger partial charge in [-0.3, -0.25) is 14.6 Å². The summed E-state index contributed by atoms with van der Waals surface area (Å²) in [5, 5.41) is 0.500. The molecule has 0 N–H and O–H groups in total. The summed E-state index contributed by atoms with van der Waals surface area (Å²) in [6, 6.07) is 12.4. The van der Waals surface area contributed by atoms with Gasteiger partial charge in [0.25, 0.3) is 5.91 Å². The van der Waals surface area contributed by atoms with Gasteiger partial charge >= 0.3 is 0 Å². The average molecular weight is 480 g/mol. The predicted octanol–water partition coefficient (Wildman–Crippen LogP) is 4.30. The minimum atomic E-state index is -0.378. The number of aryl methyl sites for hydroxylation is 1. The van der Waals surface area contributed by atoms with Gasteiger partial charge in [-0.2, -0.15) is 0 Å². The zero-order valence-electron chi connectivity index (χ0n) is 18.0. The molecular formula is C23H27ClFN3O3S. The van der Waals surface area contributed by atoms with Gasteiger partial charge < -0.3 is 9.47 Å². The molecule has 3 aromatic rings. The minimum absolute atomic E-state index is 0. The Kier molecular flexibility index (Phi) is 8.81. The number of aromatic nitrogens is 1. The number of rotatable bonds is 8. The number of amides is 1. The molecule has 6 nitrogen and oxygen atoms in total. The molecule has 1 aliphatic heterocycles. The molecule has 0 atom stereocenters. The summed E-state index contributed by atoms with van der Waals surface area (Å²) in [5.74, 6) is 0.0706. The lowest BCUT2D eigenvalue weighted by molar-refractivity contribution is -0.120. The number of nitrogens with zero attached hydrogens (tertiary/aromatic N) is 3. The second kappa shape index (κ2) is 11.6. The Balaban J connectivity index is 0.00000289. The van der Waals surface area contributed by atoms with E-state index in [9.17, 15) is 9.18 Å². The highest BCUT2D eigenvalue weighted by atomic mass is 35.5. The quantitative estimate of drug-likeness (QED) is 0.482. The predicted molar refractivity (Wildman–Crippen MR) is 128 cm³/mol. The molecule has 1 aliphatic rings. The molecule has 1 fully saturated rings. The van der Waals surface area contributed by atoms with E-state index >= 15 is 0 Å². The Hall–Kier alpha value is -2.26. The number of anilines is 1. The van der Waals surface area contributed by atoms with Crippen LogP contribution in [0.4, 0.5) is 9.52 Å². The standard InChI is InChI=1S/C23H26FN3O3S.ClH/c1-17-6-8-18(9-7-17)30-16-21(28)27(11-3-10-26-12-14-29-15-13-26)23-25-22-19(24)4-2-5-20(22)31-23;/h2,4-9H,3,10-16H2,1H3;1H. The van der Waals surface area contributed by atoms with Crippen LogP contribution in [0.15, 0.2) is 42.5 Å². The first-order valence-electron chi connectivity index (χ1n) is 10.4. The largest absolute Gasteiger partial charge is 0.484 e. The van der Waals surface area contributed by atoms with Crippen LogP contribution >= 0.6 is 23.7 Å². The lowest BCUT2D eigenvalue weighted by Crippen LogP contribution is -2.40. The number of thiazole rings is 1. The monoisotopic (exact) mass is 479 g/mol. The molecular weight excluding hydrogens is 453 g/mol. The molecule has 0 bridgehead atoms. The number of fused-ring (bicyclic) bond motifs is 1. The zero-order valence-corrected chi connectivity index (χ0v) is 19.6. The van der Waals surface area contributed by atoms with Gasteiger partial charge in [0.05, 0.1) is 17.9 Å². The summed E-state index contributed by atoms with van der Waals surface area (Å²) >= 11 is 1.32. The van der Waals surface area contributed by atoms with Crippen LogP contribution in [0.1, 0.15) is 12.0 Å². The third-order valence-corrected chi connectivity index (χ3v) is 6.28. The highest BCUT2D eigenvalue weighted by Gasteiger charge is 2.22. The Morgan fingerprint density at radius 1 is 1.22 bits per heavy atom. The third kappa shape index (κ3) is 6.16. The minimum Gasteiger partial charge on any atom is -0.484 e. The summed E-state index contributed by atoms with van der Waals surface area (Å²) in [4.78, 5) is 21.4. The van der Waals surface area contributed by atoms with Crippen molar-refractivity contribution in [3.63, 3.8) is 0 Å². The molecule has 2 heterocycles. The molecule has 32 heavy (non-hydrogen) atoms. The molecule has 1 aromatic heterocycles. The SMILES string of the molecule is Cc1ccc(OCC(=O)N(CCCN2CCOCC2)c2nc3c(F)cccc3s2)cc1.Cl. The lowest BCUT2D eigenvalue weighted by atomic mass is 10.2. The first kappa shape index (κ1) is 24.4. The summed E-state index contributed by atoms with van der Waals surface area (Å²) in [6.07, 6.45) is 0.786. The van der Waals surface area contributed by atoms with E-state index in [1.165, 1.54) is 17.4 Å². The van der Waals surface area contributed by atoms with Gasteiger partial charge in [-0.25, -0.2) is 9.37 Å². The van der Waals surface area contributed by atoms with Crippen molar-refractivity contribution in [1.29, 1.82) is 0 Å². The van der Waals surface area contributed by atoms with E-state index in [2.05, 4.69) is 9.88 Å². The molecule has 1 amide bonds. The number of halogens is 2. The van der Waals surface area contributed by atoms with Crippen molar-refractivity contribution in [1.82, 2.24) is 9.88 Å². The van der Waals surface area contributed by atoms with E-state index in [1.807, 2.05) is 37.3 Å². The number of hydrogen-bond donors (Lipinski definition) is 0. The van der Waals surface area contributed by atoms with Crippen molar-refractivity contribution < 1.29 is 18.7 Å². The number of morpholine rings is 1. The number of carbonyl (C=O) groups excluding carboxylic acids is 1. The van der Waals surface area contributed by atoms with Crippen LogP contribution < -0.4 is 9.64 Å². The summed E-state index contributed by atoms with van der Waals surface area (Å²) in [5.41, 5.74) is 1.42. The Morgan fingerprint density at radius 2 is 1.97 bits per heavy atom. The molecule has 1 saturated heterocycles. The van der Waals surface area contributed by atoms with Gasteiger partial charge in [0.2, 0.25) is 0 Å². The molecule has 2 aromatic carbocycles. The summed E-state index contributed by atoms with van der Waals surface area (Å²) in [6.45, 7) is 6.54. The summed E-state index contributed by atoms with van der Waals surface area (Å²) in [7, 11) is 0. The van der Waals surface area contributed by atoms with Crippen molar-refractivity contribution in [3.05, 3.63) is 53.8 Å². The number of ether oxygens (including phenoxy) is 2. The molecule has 0 aliphatic carbocycles. The maximum Gasteiger partial charge on any atom is 0.266 e. The van der Waals surface area contributed by atoms with Gasteiger partial charge in [-0.1, -0.05) is 35.1 Å². The zero-order chi connectivity index (χ0) is 21.6. The lowest BCUT2D eigenvalue weighted by Gasteiger charge is -2.27. The number of para-hydroxylation sites is 1. The number of benzene rings is 2. The van der Waals surface area contributed by atoms with Crippen LogP contribution in [-0.4, -0.2) is 61.8 Å². The van der Waals surface area contributed by atoms with E-state index in [-0.39, 0.29) is 30.7 Å². The number of hydrogen-bond acceptors (Lipinski definition) is 6. The molecule has 0 radical (unpaired) electrons. The fraction of sp³-hybridized carbons (Fsp3) is 0.391. The molecule has 0 spiro atoms. The van der Waals surface area contributed by atoms with Crippen LogP contribution in [0, 0.1) is 12.7 Å². The van der Waals surface area contributed by atoms with Gasteiger partial charge in [-0.05, 0) is 37.6 Å². The van der Waals surface area contributed by atoms with Crippen LogP contribution in [0.2, 0.25) is 0 Å².